The van der Waals surface area contributed by atoms with Gasteiger partial charge in [0, 0.05) is 25.5 Å². The van der Waals surface area contributed by atoms with E-state index in [4.69, 9.17) is 11.6 Å². The highest BCUT2D eigenvalue weighted by atomic mass is 35.5. The van der Waals surface area contributed by atoms with Crippen LogP contribution in [0.4, 0.5) is 0 Å². The number of amides is 1. The van der Waals surface area contributed by atoms with Crippen LogP contribution in [-0.4, -0.2) is 44.7 Å². The molecule has 0 saturated carbocycles. The summed E-state index contributed by atoms with van der Waals surface area (Å²) in [7, 11) is 0. The van der Waals surface area contributed by atoms with E-state index in [2.05, 4.69) is 5.10 Å². The number of rotatable bonds is 1. The van der Waals surface area contributed by atoms with Crippen molar-refractivity contribution in [3.05, 3.63) is 34.6 Å². The molecule has 0 spiro atoms. The normalized spacial score (nSPS) is 19.3. The summed E-state index contributed by atoms with van der Waals surface area (Å²) in [6.07, 6.45) is 3.52. The van der Waals surface area contributed by atoms with Crippen molar-refractivity contribution in [2.45, 2.75) is 19.4 Å². The summed E-state index contributed by atoms with van der Waals surface area (Å²) in [5.41, 5.74) is 2.17. The average Bonchev–Trinajstić information content (AvgIpc) is 2.94. The lowest BCUT2D eigenvalue weighted by molar-refractivity contribution is 0.0764. The van der Waals surface area contributed by atoms with Gasteiger partial charge >= 0.3 is 0 Å². The number of likely N-dealkylation sites (tertiary alicyclic amines) is 1. The number of aliphatic hydroxyl groups excluding tert-OH is 1. The van der Waals surface area contributed by atoms with Crippen LogP contribution in [0.5, 0.6) is 0 Å². The third-order valence-corrected chi connectivity index (χ3v) is 3.86. The van der Waals surface area contributed by atoms with E-state index in [1.54, 1.807) is 27.9 Å². The van der Waals surface area contributed by atoms with E-state index in [0.29, 0.717) is 30.1 Å². The SMILES string of the molecule is Cc1c(C(=O)N2CCC(O)C2)cn2nccc(Cl)c12. The highest BCUT2D eigenvalue weighted by molar-refractivity contribution is 6.34. The molecule has 6 heteroatoms. The zero-order chi connectivity index (χ0) is 13.6. The lowest BCUT2D eigenvalue weighted by Gasteiger charge is -2.14. The third kappa shape index (κ3) is 1.99. The maximum Gasteiger partial charge on any atom is 0.255 e. The summed E-state index contributed by atoms with van der Waals surface area (Å²) in [6.45, 7) is 2.85. The zero-order valence-corrected chi connectivity index (χ0v) is 11.3. The van der Waals surface area contributed by atoms with Gasteiger partial charge in [0.2, 0.25) is 0 Å². The van der Waals surface area contributed by atoms with Crippen LogP contribution in [0.3, 0.4) is 0 Å². The van der Waals surface area contributed by atoms with E-state index in [0.717, 1.165) is 11.1 Å². The molecule has 1 aliphatic heterocycles. The fourth-order valence-electron chi connectivity index (χ4n) is 2.52. The van der Waals surface area contributed by atoms with Gasteiger partial charge in [-0.15, -0.1) is 0 Å². The molecule has 5 nitrogen and oxygen atoms in total. The van der Waals surface area contributed by atoms with E-state index in [1.807, 2.05) is 6.92 Å². The number of β-amino-alcohol motifs (C(OH)–C–C–N with tert-alkyl or cyclic N) is 1. The molecule has 1 N–H and O–H groups in total. The smallest absolute Gasteiger partial charge is 0.255 e. The Morgan fingerprint density at radius 1 is 1.58 bits per heavy atom. The molecule has 1 unspecified atom stereocenters. The van der Waals surface area contributed by atoms with Gasteiger partial charge < -0.3 is 10.0 Å². The quantitative estimate of drug-likeness (QED) is 0.861. The van der Waals surface area contributed by atoms with Crippen LogP contribution in [0, 0.1) is 6.92 Å². The molecule has 2 aromatic rings. The molecule has 1 atom stereocenters. The lowest BCUT2D eigenvalue weighted by Crippen LogP contribution is -2.29. The van der Waals surface area contributed by atoms with Gasteiger partial charge in [-0.05, 0) is 25.0 Å². The predicted octanol–water partition coefficient (Wildman–Crippen LogP) is 1.50. The van der Waals surface area contributed by atoms with Crippen LogP contribution in [0.2, 0.25) is 5.02 Å². The maximum absolute atomic E-state index is 12.4. The zero-order valence-electron chi connectivity index (χ0n) is 10.5. The first-order valence-corrected chi connectivity index (χ1v) is 6.55. The topological polar surface area (TPSA) is 57.8 Å². The van der Waals surface area contributed by atoms with Crippen molar-refractivity contribution in [2.75, 3.05) is 13.1 Å². The van der Waals surface area contributed by atoms with E-state index in [1.165, 1.54) is 0 Å². The van der Waals surface area contributed by atoms with Gasteiger partial charge in [0.25, 0.3) is 5.91 Å². The fraction of sp³-hybridized carbons (Fsp3) is 0.385. The molecule has 1 aliphatic rings. The summed E-state index contributed by atoms with van der Waals surface area (Å²) in [6, 6.07) is 1.71. The molecule has 1 amide bonds. The summed E-state index contributed by atoms with van der Waals surface area (Å²) >= 11 is 6.14. The summed E-state index contributed by atoms with van der Waals surface area (Å²) in [4.78, 5) is 14.1. The molecule has 0 bridgehead atoms. The van der Waals surface area contributed by atoms with Gasteiger partial charge in [-0.2, -0.15) is 5.10 Å². The number of halogens is 1. The maximum atomic E-state index is 12.4. The number of carbonyl (C=O) groups excluding carboxylic acids is 1. The summed E-state index contributed by atoms with van der Waals surface area (Å²) < 4.78 is 1.62. The van der Waals surface area contributed by atoms with Gasteiger partial charge in [-0.3, -0.25) is 4.79 Å². The number of carbonyl (C=O) groups is 1. The second-order valence-corrected chi connectivity index (χ2v) is 5.24. The number of fused-ring (bicyclic) bond motifs is 1. The Morgan fingerprint density at radius 2 is 2.37 bits per heavy atom. The molecule has 2 aromatic heterocycles. The molecule has 3 heterocycles. The van der Waals surface area contributed by atoms with Gasteiger partial charge in [0.1, 0.15) is 0 Å². The van der Waals surface area contributed by atoms with Crippen LogP contribution < -0.4 is 0 Å². The summed E-state index contributed by atoms with van der Waals surface area (Å²) in [5.74, 6) is -0.0735. The Balaban J connectivity index is 2.03. The first-order chi connectivity index (χ1) is 9.08. The molecule has 0 aliphatic carbocycles. The Bertz CT molecular complexity index is 653. The summed E-state index contributed by atoms with van der Waals surface area (Å²) in [5, 5.41) is 14.3. The number of hydrogen-bond donors (Lipinski definition) is 1. The van der Waals surface area contributed by atoms with E-state index in [9.17, 15) is 9.90 Å². The highest BCUT2D eigenvalue weighted by Crippen LogP contribution is 2.25. The fourth-order valence-corrected chi connectivity index (χ4v) is 2.81. The van der Waals surface area contributed by atoms with Crippen LogP contribution >= 0.6 is 11.6 Å². The van der Waals surface area contributed by atoms with Gasteiger partial charge in [-0.1, -0.05) is 11.6 Å². The van der Waals surface area contributed by atoms with Crippen LogP contribution in [0.1, 0.15) is 22.3 Å². The van der Waals surface area contributed by atoms with Gasteiger partial charge in [-0.25, -0.2) is 4.52 Å². The highest BCUT2D eigenvalue weighted by Gasteiger charge is 2.27. The van der Waals surface area contributed by atoms with E-state index in [-0.39, 0.29) is 5.91 Å². The van der Waals surface area contributed by atoms with Crippen molar-refractivity contribution in [3.63, 3.8) is 0 Å². The second kappa shape index (κ2) is 4.51. The second-order valence-electron chi connectivity index (χ2n) is 4.83. The molecule has 19 heavy (non-hydrogen) atoms. The number of nitrogens with zero attached hydrogens (tertiary/aromatic N) is 3. The Hall–Kier alpha value is -1.59. The number of hydrogen-bond acceptors (Lipinski definition) is 3. The first-order valence-electron chi connectivity index (χ1n) is 6.17. The molecule has 1 fully saturated rings. The Labute approximate surface area is 115 Å². The molecule has 3 rings (SSSR count). The van der Waals surface area contributed by atoms with Crippen LogP contribution in [-0.2, 0) is 0 Å². The third-order valence-electron chi connectivity index (χ3n) is 3.56. The molecule has 0 radical (unpaired) electrons. The Morgan fingerprint density at radius 3 is 3.00 bits per heavy atom. The van der Waals surface area contributed by atoms with Crippen molar-refractivity contribution < 1.29 is 9.90 Å². The van der Waals surface area contributed by atoms with E-state index < -0.39 is 6.10 Å². The van der Waals surface area contributed by atoms with Crippen LogP contribution in [0.25, 0.3) is 5.52 Å². The van der Waals surface area contributed by atoms with Crippen molar-refractivity contribution in [2.24, 2.45) is 0 Å². The van der Waals surface area contributed by atoms with Crippen LogP contribution in [0.15, 0.2) is 18.5 Å². The molecular formula is C13H14ClN3O2. The minimum Gasteiger partial charge on any atom is -0.391 e. The Kier molecular flexibility index (Phi) is 2.95. The van der Waals surface area contributed by atoms with Gasteiger partial charge in [0.05, 0.1) is 22.2 Å². The molecule has 100 valence electrons. The van der Waals surface area contributed by atoms with Crippen molar-refractivity contribution in [1.29, 1.82) is 0 Å². The largest absolute Gasteiger partial charge is 0.391 e. The first kappa shape index (κ1) is 12.4. The monoisotopic (exact) mass is 279 g/mol. The average molecular weight is 280 g/mol. The molecule has 1 saturated heterocycles. The van der Waals surface area contributed by atoms with Crippen molar-refractivity contribution in [3.8, 4) is 0 Å². The van der Waals surface area contributed by atoms with E-state index >= 15 is 0 Å². The van der Waals surface area contributed by atoms with Crippen molar-refractivity contribution in [1.82, 2.24) is 14.5 Å². The minimum absolute atomic E-state index is 0.0735. The number of aromatic nitrogens is 2. The lowest BCUT2D eigenvalue weighted by atomic mass is 10.1. The van der Waals surface area contributed by atoms with Gasteiger partial charge in [0.15, 0.2) is 0 Å². The molecule has 0 aromatic carbocycles. The standard InChI is InChI=1S/C13H14ClN3O2/c1-8-10(13(19)16-5-3-9(18)6-16)7-17-12(8)11(14)2-4-15-17/h2,4,7,9,18H,3,5-6H2,1H3. The van der Waals surface area contributed by atoms with Crippen molar-refractivity contribution >= 4 is 23.0 Å². The predicted molar refractivity (Wildman–Crippen MR) is 71.5 cm³/mol. The number of aliphatic hydroxyl groups is 1. The molecular weight excluding hydrogens is 266 g/mol. The number of aryl methyl sites for hydroxylation is 1. The minimum atomic E-state index is -0.414.